The molecule has 1 aromatic heterocycles. The summed E-state index contributed by atoms with van der Waals surface area (Å²) in [5.41, 5.74) is -0.553. The molecule has 1 atom stereocenters. The lowest BCUT2D eigenvalue weighted by molar-refractivity contribution is 0.0166. The van der Waals surface area contributed by atoms with Gasteiger partial charge in [0.15, 0.2) is 5.03 Å². The lowest BCUT2D eigenvalue weighted by Gasteiger charge is -2.33. The number of aromatic nitrogens is 2. The zero-order valence-corrected chi connectivity index (χ0v) is 14.5. The topological polar surface area (TPSA) is 95.1 Å². The maximum atomic E-state index is 12.2. The molecular formula is C14H27N3O3S. The van der Waals surface area contributed by atoms with E-state index in [0.717, 1.165) is 0 Å². The van der Waals surface area contributed by atoms with Gasteiger partial charge < -0.3 is 10.1 Å². The van der Waals surface area contributed by atoms with Crippen molar-refractivity contribution < 1.29 is 13.5 Å². The molecule has 1 rings (SSSR count). The second-order valence-electron chi connectivity index (χ2n) is 6.79. The maximum Gasteiger partial charge on any atom is 0.257 e. The minimum Gasteiger partial charge on any atom is -0.392 e. The van der Waals surface area contributed by atoms with E-state index in [9.17, 15) is 13.5 Å². The van der Waals surface area contributed by atoms with Crippen LogP contribution in [0.15, 0.2) is 11.2 Å². The summed E-state index contributed by atoms with van der Waals surface area (Å²) in [6, 6.07) is 0. The van der Waals surface area contributed by atoms with Gasteiger partial charge in [-0.3, -0.25) is 0 Å². The Labute approximate surface area is 127 Å². The first-order valence-electron chi connectivity index (χ1n) is 7.20. The van der Waals surface area contributed by atoms with Gasteiger partial charge in [-0.15, -0.1) is 0 Å². The quantitative estimate of drug-likeness (QED) is 0.715. The number of H-pyrrole nitrogens is 1. The summed E-state index contributed by atoms with van der Waals surface area (Å²) in [5.74, 6) is 0.828. The van der Waals surface area contributed by atoms with Crippen LogP contribution in [0.4, 0.5) is 0 Å². The van der Waals surface area contributed by atoms with Crippen molar-refractivity contribution in [2.45, 2.75) is 58.6 Å². The van der Waals surface area contributed by atoms with E-state index in [2.05, 4.69) is 14.7 Å². The van der Waals surface area contributed by atoms with Crippen LogP contribution in [0.5, 0.6) is 0 Å². The summed E-state index contributed by atoms with van der Waals surface area (Å²) in [6.07, 6.45) is 0.733. The van der Waals surface area contributed by atoms with Gasteiger partial charge in [-0.05, 0) is 5.92 Å². The Morgan fingerprint density at radius 2 is 1.90 bits per heavy atom. The van der Waals surface area contributed by atoms with E-state index >= 15 is 0 Å². The molecule has 0 saturated carbocycles. The van der Waals surface area contributed by atoms with Crippen molar-refractivity contribution >= 4 is 10.0 Å². The Kier molecular flexibility index (Phi) is 5.57. The van der Waals surface area contributed by atoms with E-state index in [0.29, 0.717) is 5.82 Å². The average molecular weight is 317 g/mol. The van der Waals surface area contributed by atoms with E-state index in [-0.39, 0.29) is 23.4 Å². The van der Waals surface area contributed by atoms with Crippen LogP contribution in [0.1, 0.15) is 53.3 Å². The molecule has 0 amide bonds. The smallest absolute Gasteiger partial charge is 0.257 e. The van der Waals surface area contributed by atoms with Gasteiger partial charge in [0.05, 0.1) is 12.3 Å². The van der Waals surface area contributed by atoms with E-state index < -0.39 is 21.5 Å². The normalized spacial score (nSPS) is 14.9. The number of nitrogens with one attached hydrogen (secondary N) is 2. The Balaban J connectivity index is 2.81. The lowest BCUT2D eigenvalue weighted by atomic mass is 9.81. The van der Waals surface area contributed by atoms with E-state index in [1.165, 1.54) is 6.20 Å². The zero-order valence-electron chi connectivity index (χ0n) is 13.6. The highest BCUT2D eigenvalue weighted by molar-refractivity contribution is 7.89. The van der Waals surface area contributed by atoms with Crippen LogP contribution < -0.4 is 4.72 Å². The molecule has 122 valence electrons. The van der Waals surface area contributed by atoms with Crippen LogP contribution in [-0.2, 0) is 10.0 Å². The fraction of sp³-hybridized carbons (Fsp3) is 0.786. The molecule has 1 unspecified atom stereocenters. The lowest BCUT2D eigenvalue weighted by Crippen LogP contribution is -2.43. The summed E-state index contributed by atoms with van der Waals surface area (Å²) < 4.78 is 27.0. The van der Waals surface area contributed by atoms with Crippen LogP contribution in [0, 0.1) is 11.3 Å². The molecule has 0 bridgehead atoms. The van der Waals surface area contributed by atoms with Crippen molar-refractivity contribution in [3.8, 4) is 0 Å². The molecule has 0 aromatic carbocycles. The Bertz CT molecular complexity index is 562. The summed E-state index contributed by atoms with van der Waals surface area (Å²) >= 11 is 0. The molecule has 0 spiro atoms. The Hall–Kier alpha value is -0.920. The van der Waals surface area contributed by atoms with Crippen molar-refractivity contribution in [1.29, 1.82) is 0 Å². The summed E-state index contributed by atoms with van der Waals surface area (Å²) in [7, 11) is -3.64. The van der Waals surface area contributed by atoms with Crippen molar-refractivity contribution in [1.82, 2.24) is 14.7 Å². The first-order chi connectivity index (χ1) is 9.47. The molecule has 0 aliphatic rings. The maximum absolute atomic E-state index is 12.2. The van der Waals surface area contributed by atoms with Crippen molar-refractivity contribution in [2.75, 3.05) is 6.54 Å². The molecule has 3 N–H and O–H groups in total. The third-order valence-electron chi connectivity index (χ3n) is 3.56. The molecule has 0 radical (unpaired) electrons. The zero-order chi connectivity index (χ0) is 16.4. The van der Waals surface area contributed by atoms with Gasteiger partial charge in [0.1, 0.15) is 5.82 Å². The number of imidazole rings is 1. The van der Waals surface area contributed by atoms with Crippen molar-refractivity contribution in [2.24, 2.45) is 11.3 Å². The predicted octanol–water partition coefficient (Wildman–Crippen LogP) is 1.85. The highest BCUT2D eigenvalue weighted by atomic mass is 32.2. The first kappa shape index (κ1) is 18.1. The molecule has 0 aliphatic carbocycles. The average Bonchev–Trinajstić information content (AvgIpc) is 2.86. The SMILES string of the molecule is CC(C)c1ncc(S(=O)(=O)NCC(C)(C)C(O)C(C)C)[nH]1. The summed E-state index contributed by atoms with van der Waals surface area (Å²) in [5, 5.41) is 10.2. The van der Waals surface area contributed by atoms with Gasteiger partial charge in [-0.1, -0.05) is 41.5 Å². The van der Waals surface area contributed by atoms with Gasteiger partial charge in [0.25, 0.3) is 10.0 Å². The molecule has 1 heterocycles. The molecule has 0 aliphatic heterocycles. The number of sulfonamides is 1. The summed E-state index contributed by atoms with van der Waals surface area (Å²) in [4.78, 5) is 6.88. The van der Waals surface area contributed by atoms with Crippen molar-refractivity contribution in [3.63, 3.8) is 0 Å². The summed E-state index contributed by atoms with van der Waals surface area (Å²) in [6.45, 7) is 11.5. The van der Waals surface area contributed by atoms with Crippen LogP contribution in [-0.4, -0.2) is 36.1 Å². The third kappa shape index (κ3) is 4.52. The second-order valence-corrected chi connectivity index (χ2v) is 8.52. The third-order valence-corrected chi connectivity index (χ3v) is 4.87. The number of hydrogen-bond acceptors (Lipinski definition) is 4. The molecule has 6 nitrogen and oxygen atoms in total. The van der Waals surface area contributed by atoms with Gasteiger partial charge in [-0.25, -0.2) is 18.1 Å². The van der Waals surface area contributed by atoms with Crippen LogP contribution >= 0.6 is 0 Å². The standard InChI is InChI=1S/C14H27N3O3S/c1-9(2)12(18)14(5,6)8-16-21(19,20)11-7-15-13(17-11)10(3)4/h7,9-10,12,16,18H,8H2,1-6H3,(H,15,17). The largest absolute Gasteiger partial charge is 0.392 e. The van der Waals surface area contributed by atoms with E-state index in [1.54, 1.807) is 0 Å². The molecular weight excluding hydrogens is 290 g/mol. The van der Waals surface area contributed by atoms with Crippen molar-refractivity contribution in [3.05, 3.63) is 12.0 Å². The second kappa shape index (κ2) is 6.46. The molecule has 0 saturated heterocycles. The van der Waals surface area contributed by atoms with Crippen LogP contribution in [0.25, 0.3) is 0 Å². The Morgan fingerprint density at radius 1 is 1.33 bits per heavy atom. The number of nitrogens with zero attached hydrogens (tertiary/aromatic N) is 1. The van der Waals surface area contributed by atoms with E-state index in [4.69, 9.17) is 0 Å². The van der Waals surface area contributed by atoms with Crippen LogP contribution in [0.3, 0.4) is 0 Å². The minimum absolute atomic E-state index is 0.0565. The van der Waals surface area contributed by atoms with Crippen LogP contribution in [0.2, 0.25) is 0 Å². The number of aromatic amines is 1. The molecule has 21 heavy (non-hydrogen) atoms. The molecule has 7 heteroatoms. The number of aliphatic hydroxyl groups is 1. The fourth-order valence-corrected chi connectivity index (χ4v) is 3.26. The van der Waals surface area contributed by atoms with Gasteiger partial charge in [-0.2, -0.15) is 0 Å². The predicted molar refractivity (Wildman–Crippen MR) is 82.5 cm³/mol. The number of rotatable bonds is 7. The fourth-order valence-electron chi connectivity index (χ4n) is 2.11. The van der Waals surface area contributed by atoms with Gasteiger partial charge >= 0.3 is 0 Å². The highest BCUT2D eigenvalue weighted by Crippen LogP contribution is 2.25. The minimum atomic E-state index is -3.64. The van der Waals surface area contributed by atoms with Gasteiger partial charge in [0.2, 0.25) is 0 Å². The first-order valence-corrected chi connectivity index (χ1v) is 8.68. The molecule has 0 fully saturated rings. The number of aliphatic hydroxyl groups excluding tert-OH is 1. The Morgan fingerprint density at radius 3 is 2.33 bits per heavy atom. The van der Waals surface area contributed by atoms with E-state index in [1.807, 2.05) is 41.5 Å². The molecule has 1 aromatic rings. The van der Waals surface area contributed by atoms with Gasteiger partial charge in [0, 0.05) is 17.9 Å². The highest BCUT2D eigenvalue weighted by Gasteiger charge is 2.32. The number of hydrogen-bond donors (Lipinski definition) is 3. The monoisotopic (exact) mass is 317 g/mol.